The van der Waals surface area contributed by atoms with E-state index in [1.54, 1.807) is 18.3 Å². The number of fused-ring (bicyclic) bond motifs is 3. The monoisotopic (exact) mass is 344 g/mol. The number of hydrogen-bond acceptors (Lipinski definition) is 3. The molecule has 1 aliphatic heterocycles. The summed E-state index contributed by atoms with van der Waals surface area (Å²) in [6, 6.07) is 14.5. The Kier molecular flexibility index (Phi) is 3.38. The van der Waals surface area contributed by atoms with E-state index in [2.05, 4.69) is 10.3 Å². The van der Waals surface area contributed by atoms with Crippen LogP contribution < -0.4 is 5.32 Å². The van der Waals surface area contributed by atoms with Gasteiger partial charge in [0.2, 0.25) is 0 Å². The van der Waals surface area contributed by atoms with Gasteiger partial charge in [-0.25, -0.2) is 4.39 Å². The largest absolute Gasteiger partial charge is 0.358 e. The highest BCUT2D eigenvalue weighted by Crippen LogP contribution is 2.47. The topological polar surface area (TPSA) is 42.0 Å². The molecule has 0 amide bonds. The lowest BCUT2D eigenvalue weighted by molar-refractivity contribution is -0.116. The van der Waals surface area contributed by atoms with Gasteiger partial charge in [-0.15, -0.1) is 0 Å². The highest BCUT2D eigenvalue weighted by Gasteiger charge is 2.36. The Bertz CT molecular complexity index is 1070. The quantitative estimate of drug-likeness (QED) is 0.680. The lowest BCUT2D eigenvalue weighted by Gasteiger charge is -2.34. The number of hydrogen-bond donors (Lipinski definition) is 1. The zero-order chi connectivity index (χ0) is 17.7. The normalized spacial score (nSPS) is 19.1. The number of rotatable bonds is 1. The zero-order valence-electron chi connectivity index (χ0n) is 14.1. The maximum atomic E-state index is 13.5. The number of carbonyl (C=O) groups is 1. The Balaban J connectivity index is 1.83. The first kappa shape index (κ1) is 15.3. The van der Waals surface area contributed by atoms with Crippen molar-refractivity contribution < 1.29 is 9.18 Å². The summed E-state index contributed by atoms with van der Waals surface area (Å²) in [4.78, 5) is 17.3. The fraction of sp³-hybridized carbons (Fsp3) is 0.182. The molecule has 4 heteroatoms. The number of allylic oxidation sites excluding steroid dienone is 2. The second-order valence-electron chi connectivity index (χ2n) is 6.88. The summed E-state index contributed by atoms with van der Waals surface area (Å²) in [6.45, 7) is 0. The number of anilines is 1. The van der Waals surface area contributed by atoms with E-state index in [-0.39, 0.29) is 17.5 Å². The van der Waals surface area contributed by atoms with E-state index in [1.165, 1.54) is 12.1 Å². The molecule has 0 spiro atoms. The minimum atomic E-state index is -0.272. The molecule has 1 aliphatic carbocycles. The zero-order valence-corrected chi connectivity index (χ0v) is 14.1. The fourth-order valence-electron chi connectivity index (χ4n) is 4.22. The highest BCUT2D eigenvalue weighted by molar-refractivity contribution is 6.03. The summed E-state index contributed by atoms with van der Waals surface area (Å²) < 4.78 is 13.5. The molecule has 26 heavy (non-hydrogen) atoms. The molecule has 128 valence electrons. The second-order valence-corrected chi connectivity index (χ2v) is 6.88. The standard InChI is InChI=1S/C22H17FN2O/c23-14-8-6-13(7-9-14)20-21-15-3-2-12-24-16(15)10-11-18(21)25-17-4-1-5-19(26)22(17)20/h2-3,6-12,20,25H,1,4-5H2/t20-/m0/s1. The van der Waals surface area contributed by atoms with Gasteiger partial charge in [-0.05, 0) is 54.3 Å². The summed E-state index contributed by atoms with van der Waals surface area (Å²) >= 11 is 0. The predicted molar refractivity (Wildman–Crippen MR) is 99.5 cm³/mol. The van der Waals surface area contributed by atoms with Crippen molar-refractivity contribution in [2.24, 2.45) is 0 Å². The molecule has 1 N–H and O–H groups in total. The van der Waals surface area contributed by atoms with Crippen LogP contribution in [-0.4, -0.2) is 10.8 Å². The van der Waals surface area contributed by atoms with E-state index >= 15 is 0 Å². The average molecular weight is 344 g/mol. The Morgan fingerprint density at radius 3 is 2.73 bits per heavy atom. The molecule has 1 atom stereocenters. The van der Waals surface area contributed by atoms with Gasteiger partial charge in [0.25, 0.3) is 0 Å². The Morgan fingerprint density at radius 2 is 1.88 bits per heavy atom. The van der Waals surface area contributed by atoms with E-state index in [0.717, 1.165) is 51.8 Å². The number of aromatic nitrogens is 1. The van der Waals surface area contributed by atoms with Crippen LogP contribution in [-0.2, 0) is 4.79 Å². The van der Waals surface area contributed by atoms with E-state index in [9.17, 15) is 9.18 Å². The van der Waals surface area contributed by atoms with Crippen LogP contribution >= 0.6 is 0 Å². The summed E-state index contributed by atoms with van der Waals surface area (Å²) in [7, 11) is 0. The van der Waals surface area contributed by atoms with Crippen molar-refractivity contribution in [1.82, 2.24) is 4.98 Å². The molecular formula is C22H17FN2O. The van der Waals surface area contributed by atoms with E-state index in [4.69, 9.17) is 0 Å². The van der Waals surface area contributed by atoms with Gasteiger partial charge < -0.3 is 5.32 Å². The third-order valence-corrected chi connectivity index (χ3v) is 5.35. The molecule has 3 nitrogen and oxygen atoms in total. The van der Waals surface area contributed by atoms with Crippen molar-refractivity contribution in [3.05, 3.63) is 82.9 Å². The Morgan fingerprint density at radius 1 is 1.04 bits per heavy atom. The van der Waals surface area contributed by atoms with Gasteiger partial charge in [0, 0.05) is 40.9 Å². The number of Topliss-reactive ketones (excluding diaryl/α,β-unsaturated/α-hetero) is 1. The van der Waals surface area contributed by atoms with Crippen molar-refractivity contribution in [1.29, 1.82) is 0 Å². The number of carbonyl (C=O) groups excluding carboxylic acids is 1. The van der Waals surface area contributed by atoms with Crippen LogP contribution in [0.1, 0.15) is 36.3 Å². The molecule has 5 rings (SSSR count). The number of nitrogens with one attached hydrogen (secondary N) is 1. The molecule has 1 aromatic heterocycles. The van der Waals surface area contributed by atoms with E-state index in [0.29, 0.717) is 6.42 Å². The van der Waals surface area contributed by atoms with Crippen molar-refractivity contribution >= 4 is 22.4 Å². The third-order valence-electron chi connectivity index (χ3n) is 5.35. The molecular weight excluding hydrogens is 327 g/mol. The van der Waals surface area contributed by atoms with Gasteiger partial charge in [-0.3, -0.25) is 9.78 Å². The van der Waals surface area contributed by atoms with Crippen LogP contribution in [0.3, 0.4) is 0 Å². The molecule has 0 radical (unpaired) electrons. The van der Waals surface area contributed by atoms with Crippen LogP contribution in [0.2, 0.25) is 0 Å². The first-order valence-corrected chi connectivity index (χ1v) is 8.89. The van der Waals surface area contributed by atoms with Crippen molar-refractivity contribution in [2.75, 3.05) is 5.32 Å². The minimum Gasteiger partial charge on any atom is -0.358 e. The Labute approximate surface area is 150 Å². The van der Waals surface area contributed by atoms with Crippen LogP contribution in [0.4, 0.5) is 10.1 Å². The summed E-state index contributed by atoms with van der Waals surface area (Å²) in [5.41, 5.74) is 5.73. The molecule has 0 unspecified atom stereocenters. The maximum Gasteiger partial charge on any atom is 0.161 e. The summed E-state index contributed by atoms with van der Waals surface area (Å²) in [5, 5.41) is 4.51. The third kappa shape index (κ3) is 2.25. The van der Waals surface area contributed by atoms with E-state index < -0.39 is 0 Å². The van der Waals surface area contributed by atoms with Crippen molar-refractivity contribution in [2.45, 2.75) is 25.2 Å². The number of nitrogens with zero attached hydrogens (tertiary/aromatic N) is 1. The average Bonchev–Trinajstić information content (AvgIpc) is 2.67. The second kappa shape index (κ2) is 5.77. The van der Waals surface area contributed by atoms with Gasteiger partial charge in [0.15, 0.2) is 5.78 Å². The molecule has 2 aliphatic rings. The highest BCUT2D eigenvalue weighted by atomic mass is 19.1. The minimum absolute atomic E-state index is 0.180. The number of ketones is 1. The number of pyridine rings is 1. The maximum absolute atomic E-state index is 13.5. The molecule has 2 aromatic carbocycles. The Hall–Kier alpha value is -3.01. The smallest absolute Gasteiger partial charge is 0.161 e. The van der Waals surface area contributed by atoms with Crippen LogP contribution in [0.25, 0.3) is 10.9 Å². The molecule has 0 saturated carbocycles. The van der Waals surface area contributed by atoms with Crippen LogP contribution in [0.5, 0.6) is 0 Å². The molecule has 0 saturated heterocycles. The fourth-order valence-corrected chi connectivity index (χ4v) is 4.22. The van der Waals surface area contributed by atoms with Crippen molar-refractivity contribution in [3.8, 4) is 0 Å². The first-order valence-electron chi connectivity index (χ1n) is 8.89. The molecule has 2 heterocycles. The first-order chi connectivity index (χ1) is 12.7. The van der Waals surface area contributed by atoms with Gasteiger partial charge in [0.1, 0.15) is 5.82 Å². The summed E-state index contributed by atoms with van der Waals surface area (Å²) in [6.07, 6.45) is 4.07. The number of benzene rings is 2. The molecule has 0 bridgehead atoms. The SMILES string of the molecule is O=C1CCCC2=C1[C@@H](c1ccc(F)cc1)c1c(ccc3ncccc13)N2. The van der Waals surface area contributed by atoms with Crippen molar-refractivity contribution in [3.63, 3.8) is 0 Å². The van der Waals surface area contributed by atoms with Gasteiger partial charge >= 0.3 is 0 Å². The van der Waals surface area contributed by atoms with E-state index in [1.807, 2.05) is 24.3 Å². The lowest BCUT2D eigenvalue weighted by Crippen LogP contribution is -2.27. The summed E-state index contributed by atoms with van der Waals surface area (Å²) in [5.74, 6) is -0.283. The van der Waals surface area contributed by atoms with Gasteiger partial charge in [-0.2, -0.15) is 0 Å². The lowest BCUT2D eigenvalue weighted by atomic mass is 9.74. The van der Waals surface area contributed by atoms with Gasteiger partial charge in [-0.1, -0.05) is 18.2 Å². The molecule has 3 aromatic rings. The number of halogens is 1. The molecule has 0 fully saturated rings. The van der Waals surface area contributed by atoms with Gasteiger partial charge in [0.05, 0.1) is 5.52 Å². The van der Waals surface area contributed by atoms with Crippen LogP contribution in [0, 0.1) is 5.82 Å². The predicted octanol–water partition coefficient (Wildman–Crippen LogP) is 4.94. The van der Waals surface area contributed by atoms with Crippen LogP contribution in [0.15, 0.2) is 66.0 Å².